The fourth-order valence-corrected chi connectivity index (χ4v) is 2.87. The van der Waals surface area contributed by atoms with Gasteiger partial charge in [0.1, 0.15) is 18.1 Å². The predicted octanol–water partition coefficient (Wildman–Crippen LogP) is 3.75. The standard InChI is InChI=1S/C16H13Cl2NO4/c1-22-10-2-3-14-13(8-10)19(4-5-23-14)16(21)9-6-11(17)15(20)12(18)7-9/h2-3,6-8,20H,4-5H2,1H3. The lowest BCUT2D eigenvalue weighted by atomic mass is 10.1. The summed E-state index contributed by atoms with van der Waals surface area (Å²) in [5, 5.41) is 9.68. The molecule has 0 atom stereocenters. The monoisotopic (exact) mass is 353 g/mol. The van der Waals surface area contributed by atoms with Crippen molar-refractivity contribution >= 4 is 34.8 Å². The summed E-state index contributed by atoms with van der Waals surface area (Å²) in [6, 6.07) is 8.03. The van der Waals surface area contributed by atoms with Crippen molar-refractivity contribution in [1.82, 2.24) is 0 Å². The van der Waals surface area contributed by atoms with Crippen LogP contribution in [0.3, 0.4) is 0 Å². The van der Waals surface area contributed by atoms with Gasteiger partial charge in [0.2, 0.25) is 0 Å². The number of phenolic OH excluding ortho intramolecular Hbond substituents is 1. The summed E-state index contributed by atoms with van der Waals surface area (Å²) in [4.78, 5) is 14.4. The van der Waals surface area contributed by atoms with Gasteiger partial charge in [0.05, 0.1) is 29.4 Å². The Bertz CT molecular complexity index is 756. The number of benzene rings is 2. The largest absolute Gasteiger partial charge is 0.505 e. The van der Waals surface area contributed by atoms with Crippen LogP contribution >= 0.6 is 23.2 Å². The van der Waals surface area contributed by atoms with Gasteiger partial charge in [-0.2, -0.15) is 0 Å². The van der Waals surface area contributed by atoms with Crippen molar-refractivity contribution in [3.8, 4) is 17.2 Å². The zero-order chi connectivity index (χ0) is 16.6. The average Bonchev–Trinajstić information content (AvgIpc) is 2.57. The van der Waals surface area contributed by atoms with Crippen LogP contribution in [0, 0.1) is 0 Å². The fourth-order valence-electron chi connectivity index (χ4n) is 2.38. The van der Waals surface area contributed by atoms with Crippen LogP contribution in [0.25, 0.3) is 0 Å². The fraction of sp³-hybridized carbons (Fsp3) is 0.188. The topological polar surface area (TPSA) is 59.0 Å². The number of anilines is 1. The maximum Gasteiger partial charge on any atom is 0.258 e. The Morgan fingerprint density at radius 3 is 2.61 bits per heavy atom. The maximum atomic E-state index is 12.8. The van der Waals surface area contributed by atoms with Crippen molar-refractivity contribution < 1.29 is 19.4 Å². The lowest BCUT2D eigenvalue weighted by Gasteiger charge is -2.30. The SMILES string of the molecule is COc1ccc2c(c1)N(C(=O)c1cc(Cl)c(O)c(Cl)c1)CCO2. The van der Waals surface area contributed by atoms with E-state index in [1.807, 2.05) is 0 Å². The molecule has 2 aromatic rings. The number of rotatable bonds is 2. The second kappa shape index (κ2) is 6.18. The number of halogens is 2. The van der Waals surface area contributed by atoms with Crippen LogP contribution in [0.4, 0.5) is 5.69 Å². The van der Waals surface area contributed by atoms with Crippen molar-refractivity contribution in [3.05, 3.63) is 45.9 Å². The number of ether oxygens (including phenoxy) is 2. The second-order valence-corrected chi connectivity index (χ2v) is 5.74. The molecule has 23 heavy (non-hydrogen) atoms. The van der Waals surface area contributed by atoms with E-state index in [2.05, 4.69) is 0 Å². The number of fused-ring (bicyclic) bond motifs is 1. The minimum Gasteiger partial charge on any atom is -0.505 e. The molecule has 2 aromatic carbocycles. The molecule has 120 valence electrons. The van der Waals surface area contributed by atoms with E-state index in [1.165, 1.54) is 12.1 Å². The van der Waals surface area contributed by atoms with E-state index < -0.39 is 0 Å². The molecule has 1 heterocycles. The molecule has 1 aliphatic heterocycles. The molecule has 3 rings (SSSR count). The summed E-state index contributed by atoms with van der Waals surface area (Å²) in [7, 11) is 1.55. The van der Waals surface area contributed by atoms with Crippen LogP contribution in [0.1, 0.15) is 10.4 Å². The highest BCUT2D eigenvalue weighted by Gasteiger charge is 2.26. The Morgan fingerprint density at radius 1 is 1.26 bits per heavy atom. The Labute approximate surface area is 142 Å². The number of carbonyl (C=O) groups excluding carboxylic acids is 1. The molecule has 0 bridgehead atoms. The average molecular weight is 354 g/mol. The van der Waals surface area contributed by atoms with E-state index in [4.69, 9.17) is 32.7 Å². The van der Waals surface area contributed by atoms with Crippen molar-refractivity contribution in [1.29, 1.82) is 0 Å². The number of hydrogen-bond donors (Lipinski definition) is 1. The van der Waals surface area contributed by atoms with Crippen LogP contribution < -0.4 is 14.4 Å². The number of methoxy groups -OCH3 is 1. The summed E-state index contributed by atoms with van der Waals surface area (Å²) in [5.41, 5.74) is 0.898. The van der Waals surface area contributed by atoms with Crippen molar-refractivity contribution in [2.45, 2.75) is 0 Å². The van der Waals surface area contributed by atoms with E-state index >= 15 is 0 Å². The first kappa shape index (κ1) is 15.8. The molecular weight excluding hydrogens is 341 g/mol. The Balaban J connectivity index is 2.02. The molecule has 0 aliphatic carbocycles. The summed E-state index contributed by atoms with van der Waals surface area (Å²) in [6.07, 6.45) is 0. The Kier molecular flexibility index (Phi) is 4.24. The molecule has 0 saturated carbocycles. The molecule has 0 spiro atoms. The second-order valence-electron chi connectivity index (χ2n) is 4.93. The number of nitrogens with zero attached hydrogens (tertiary/aromatic N) is 1. The highest BCUT2D eigenvalue weighted by atomic mass is 35.5. The van der Waals surface area contributed by atoms with E-state index in [1.54, 1.807) is 30.2 Å². The summed E-state index contributed by atoms with van der Waals surface area (Å²) >= 11 is 11.8. The third-order valence-electron chi connectivity index (χ3n) is 3.54. The quantitative estimate of drug-likeness (QED) is 0.893. The lowest BCUT2D eigenvalue weighted by molar-refractivity contribution is 0.0976. The van der Waals surface area contributed by atoms with Gasteiger partial charge in [0, 0.05) is 11.6 Å². The van der Waals surface area contributed by atoms with Crippen LogP contribution in [-0.4, -0.2) is 31.3 Å². The lowest BCUT2D eigenvalue weighted by Crippen LogP contribution is -2.38. The van der Waals surface area contributed by atoms with E-state index in [0.29, 0.717) is 30.3 Å². The van der Waals surface area contributed by atoms with Gasteiger partial charge in [-0.1, -0.05) is 23.2 Å². The molecule has 0 fully saturated rings. The third-order valence-corrected chi connectivity index (χ3v) is 4.11. The Hall–Kier alpha value is -2.11. The van der Waals surface area contributed by atoms with Crippen LogP contribution in [0.2, 0.25) is 10.0 Å². The van der Waals surface area contributed by atoms with E-state index in [-0.39, 0.29) is 27.3 Å². The van der Waals surface area contributed by atoms with Gasteiger partial charge in [-0.05, 0) is 24.3 Å². The minimum atomic E-state index is -0.286. The van der Waals surface area contributed by atoms with Crippen molar-refractivity contribution in [2.75, 3.05) is 25.2 Å². The number of phenols is 1. The first-order valence-corrected chi connectivity index (χ1v) is 7.57. The molecule has 1 N–H and O–H groups in total. The molecule has 1 amide bonds. The number of amides is 1. The van der Waals surface area contributed by atoms with E-state index in [9.17, 15) is 9.90 Å². The Morgan fingerprint density at radius 2 is 1.96 bits per heavy atom. The number of carbonyl (C=O) groups is 1. The van der Waals surface area contributed by atoms with Crippen LogP contribution in [-0.2, 0) is 0 Å². The summed E-state index contributed by atoms with van der Waals surface area (Å²) in [5.74, 6) is 0.690. The van der Waals surface area contributed by atoms with Gasteiger partial charge in [-0.25, -0.2) is 0 Å². The first-order chi connectivity index (χ1) is 11.0. The van der Waals surface area contributed by atoms with Crippen LogP contribution in [0.5, 0.6) is 17.2 Å². The van der Waals surface area contributed by atoms with Crippen LogP contribution in [0.15, 0.2) is 30.3 Å². The molecule has 0 aromatic heterocycles. The minimum absolute atomic E-state index is 0.0278. The molecule has 0 radical (unpaired) electrons. The molecule has 0 unspecified atom stereocenters. The van der Waals surface area contributed by atoms with Gasteiger partial charge in [-0.15, -0.1) is 0 Å². The number of hydrogen-bond acceptors (Lipinski definition) is 4. The summed E-state index contributed by atoms with van der Waals surface area (Å²) in [6.45, 7) is 0.764. The maximum absolute atomic E-state index is 12.8. The van der Waals surface area contributed by atoms with E-state index in [0.717, 1.165) is 0 Å². The third kappa shape index (κ3) is 2.90. The van der Waals surface area contributed by atoms with Crippen molar-refractivity contribution in [2.24, 2.45) is 0 Å². The molecule has 7 heteroatoms. The van der Waals surface area contributed by atoms with Gasteiger partial charge >= 0.3 is 0 Å². The van der Waals surface area contributed by atoms with Gasteiger partial charge in [0.15, 0.2) is 5.75 Å². The highest BCUT2D eigenvalue weighted by Crippen LogP contribution is 2.37. The molecule has 5 nitrogen and oxygen atoms in total. The summed E-state index contributed by atoms with van der Waals surface area (Å²) < 4.78 is 10.8. The zero-order valence-corrected chi connectivity index (χ0v) is 13.7. The van der Waals surface area contributed by atoms with Gasteiger partial charge < -0.3 is 19.5 Å². The zero-order valence-electron chi connectivity index (χ0n) is 12.2. The molecular formula is C16H13Cl2NO4. The first-order valence-electron chi connectivity index (χ1n) is 6.82. The molecule has 1 aliphatic rings. The smallest absolute Gasteiger partial charge is 0.258 e. The van der Waals surface area contributed by atoms with Gasteiger partial charge in [-0.3, -0.25) is 4.79 Å². The molecule has 0 saturated heterocycles. The van der Waals surface area contributed by atoms with Crippen molar-refractivity contribution in [3.63, 3.8) is 0 Å². The predicted molar refractivity (Wildman–Crippen MR) is 88.3 cm³/mol. The van der Waals surface area contributed by atoms with Gasteiger partial charge in [0.25, 0.3) is 5.91 Å². The highest BCUT2D eigenvalue weighted by molar-refractivity contribution is 6.37. The number of aromatic hydroxyl groups is 1. The normalized spacial score (nSPS) is 13.3.